The number of methoxy groups -OCH3 is 1. The predicted octanol–water partition coefficient (Wildman–Crippen LogP) is 1.32. The van der Waals surface area contributed by atoms with Crippen LogP contribution in [0.4, 0.5) is 0 Å². The fourth-order valence-electron chi connectivity index (χ4n) is 2.57. The molecule has 0 bridgehead atoms. The van der Waals surface area contributed by atoms with Gasteiger partial charge in [0.1, 0.15) is 0 Å². The van der Waals surface area contributed by atoms with Gasteiger partial charge in [0.15, 0.2) is 0 Å². The molecule has 1 heterocycles. The largest absolute Gasteiger partial charge is 0.465 e. The number of carbonyl (C=O) groups excluding carboxylic acids is 1. The van der Waals surface area contributed by atoms with Gasteiger partial charge in [-0.05, 0) is 49.9 Å². The third kappa shape index (κ3) is 3.66. The lowest BCUT2D eigenvalue weighted by molar-refractivity contribution is 0.0600. The van der Waals surface area contributed by atoms with E-state index < -0.39 is 22.1 Å². The number of rotatable bonds is 3. The highest BCUT2D eigenvalue weighted by Crippen LogP contribution is 2.23. The first-order chi connectivity index (χ1) is 10.3. The van der Waals surface area contributed by atoms with E-state index in [-0.39, 0.29) is 17.0 Å². The summed E-state index contributed by atoms with van der Waals surface area (Å²) in [4.78, 5) is 11.7. The standard InChI is InChI=1S/C15H21NO5S/c1-11-8-12(15(18)21-2)10-14(9-11)22(19,20)16-6-3-4-13(17)5-7-16/h8-10,13,17H,3-7H2,1-2H3. The summed E-state index contributed by atoms with van der Waals surface area (Å²) in [7, 11) is -2.42. The van der Waals surface area contributed by atoms with Gasteiger partial charge in [0.2, 0.25) is 10.0 Å². The SMILES string of the molecule is COC(=O)c1cc(C)cc(S(=O)(=O)N2CCCC(O)CC2)c1. The second kappa shape index (κ2) is 6.76. The van der Waals surface area contributed by atoms with Gasteiger partial charge in [-0.2, -0.15) is 4.31 Å². The minimum Gasteiger partial charge on any atom is -0.465 e. The van der Waals surface area contributed by atoms with E-state index in [0.29, 0.717) is 31.4 Å². The monoisotopic (exact) mass is 327 g/mol. The zero-order chi connectivity index (χ0) is 16.3. The smallest absolute Gasteiger partial charge is 0.337 e. The number of esters is 1. The van der Waals surface area contributed by atoms with Crippen LogP contribution in [-0.4, -0.2) is 50.1 Å². The topological polar surface area (TPSA) is 83.9 Å². The molecule has 0 amide bonds. The van der Waals surface area contributed by atoms with Crippen LogP contribution in [0.15, 0.2) is 23.1 Å². The lowest BCUT2D eigenvalue weighted by Crippen LogP contribution is -2.32. The van der Waals surface area contributed by atoms with E-state index in [1.807, 2.05) is 0 Å². The third-order valence-electron chi connectivity index (χ3n) is 3.77. The fraction of sp³-hybridized carbons (Fsp3) is 0.533. The molecule has 1 atom stereocenters. The number of nitrogens with zero attached hydrogens (tertiary/aromatic N) is 1. The molecule has 1 unspecified atom stereocenters. The van der Waals surface area contributed by atoms with Crippen LogP contribution >= 0.6 is 0 Å². The van der Waals surface area contributed by atoms with Crippen LogP contribution in [0.1, 0.15) is 35.2 Å². The molecule has 0 spiro atoms. The molecule has 0 saturated carbocycles. The number of hydrogen-bond donors (Lipinski definition) is 1. The first-order valence-corrected chi connectivity index (χ1v) is 8.67. The summed E-state index contributed by atoms with van der Waals surface area (Å²) in [5.41, 5.74) is 0.896. The van der Waals surface area contributed by atoms with Crippen molar-refractivity contribution in [2.24, 2.45) is 0 Å². The van der Waals surface area contributed by atoms with Gasteiger partial charge in [-0.1, -0.05) is 0 Å². The Balaban J connectivity index is 2.36. The van der Waals surface area contributed by atoms with Crippen molar-refractivity contribution in [2.75, 3.05) is 20.2 Å². The van der Waals surface area contributed by atoms with Crippen molar-refractivity contribution in [1.29, 1.82) is 0 Å². The molecule has 22 heavy (non-hydrogen) atoms. The summed E-state index contributed by atoms with van der Waals surface area (Å²) in [5.74, 6) is -0.563. The molecule has 1 aliphatic heterocycles. The van der Waals surface area contributed by atoms with Crippen molar-refractivity contribution >= 4 is 16.0 Å². The van der Waals surface area contributed by atoms with Crippen molar-refractivity contribution in [1.82, 2.24) is 4.31 Å². The number of aliphatic hydroxyl groups excluding tert-OH is 1. The van der Waals surface area contributed by atoms with E-state index in [4.69, 9.17) is 0 Å². The van der Waals surface area contributed by atoms with Crippen molar-refractivity contribution in [2.45, 2.75) is 37.2 Å². The number of sulfonamides is 1. The Bertz CT molecular complexity index is 656. The van der Waals surface area contributed by atoms with E-state index in [9.17, 15) is 18.3 Å². The Morgan fingerprint density at radius 1 is 1.27 bits per heavy atom. The van der Waals surface area contributed by atoms with Crippen LogP contribution in [0.25, 0.3) is 0 Å². The Morgan fingerprint density at radius 2 is 2.00 bits per heavy atom. The van der Waals surface area contributed by atoms with Gasteiger partial charge >= 0.3 is 5.97 Å². The lowest BCUT2D eigenvalue weighted by Gasteiger charge is -2.20. The summed E-state index contributed by atoms with van der Waals surface area (Å²) in [6.45, 7) is 2.39. The van der Waals surface area contributed by atoms with Crippen molar-refractivity contribution in [3.05, 3.63) is 29.3 Å². The third-order valence-corrected chi connectivity index (χ3v) is 5.64. The number of hydrogen-bond acceptors (Lipinski definition) is 5. The normalized spacial score (nSPS) is 20.4. The van der Waals surface area contributed by atoms with E-state index in [1.165, 1.54) is 17.5 Å². The van der Waals surface area contributed by atoms with Crippen LogP contribution < -0.4 is 0 Å². The molecule has 0 radical (unpaired) electrons. The number of carbonyl (C=O) groups is 1. The number of ether oxygens (including phenoxy) is 1. The van der Waals surface area contributed by atoms with Crippen LogP contribution in [0, 0.1) is 6.92 Å². The predicted molar refractivity (Wildman–Crippen MR) is 81.1 cm³/mol. The Hall–Kier alpha value is -1.44. The van der Waals surface area contributed by atoms with Gasteiger partial charge < -0.3 is 9.84 Å². The van der Waals surface area contributed by atoms with E-state index in [2.05, 4.69) is 4.74 Å². The number of aryl methyl sites for hydroxylation is 1. The van der Waals surface area contributed by atoms with Gasteiger partial charge in [0, 0.05) is 13.1 Å². The van der Waals surface area contributed by atoms with Crippen LogP contribution in [0.2, 0.25) is 0 Å². The summed E-state index contributed by atoms with van der Waals surface area (Å²) < 4.78 is 31.5. The minimum atomic E-state index is -3.68. The average molecular weight is 327 g/mol. The summed E-state index contributed by atoms with van der Waals surface area (Å²) in [5, 5.41) is 9.65. The molecular weight excluding hydrogens is 306 g/mol. The highest BCUT2D eigenvalue weighted by Gasteiger charge is 2.28. The molecule has 6 nitrogen and oxygen atoms in total. The van der Waals surface area contributed by atoms with Gasteiger partial charge in [0.05, 0.1) is 23.7 Å². The fourth-order valence-corrected chi connectivity index (χ4v) is 4.20. The molecule has 1 saturated heterocycles. The summed E-state index contributed by atoms with van der Waals surface area (Å²) in [6, 6.07) is 4.48. The highest BCUT2D eigenvalue weighted by atomic mass is 32.2. The Labute approximate surface area is 130 Å². The van der Waals surface area contributed by atoms with E-state index in [0.717, 1.165) is 0 Å². The second-order valence-corrected chi connectivity index (χ2v) is 7.45. The van der Waals surface area contributed by atoms with Gasteiger partial charge in [-0.15, -0.1) is 0 Å². The molecular formula is C15H21NO5S. The molecule has 122 valence electrons. The minimum absolute atomic E-state index is 0.0873. The van der Waals surface area contributed by atoms with Crippen LogP contribution in [0.3, 0.4) is 0 Å². The highest BCUT2D eigenvalue weighted by molar-refractivity contribution is 7.89. The zero-order valence-corrected chi connectivity index (χ0v) is 13.6. The Kier molecular flexibility index (Phi) is 5.20. The van der Waals surface area contributed by atoms with Crippen LogP contribution in [0.5, 0.6) is 0 Å². The molecule has 7 heteroatoms. The van der Waals surface area contributed by atoms with Crippen molar-refractivity contribution in [3.8, 4) is 0 Å². The van der Waals surface area contributed by atoms with Crippen LogP contribution in [-0.2, 0) is 14.8 Å². The average Bonchev–Trinajstić information content (AvgIpc) is 2.70. The van der Waals surface area contributed by atoms with Crippen molar-refractivity contribution in [3.63, 3.8) is 0 Å². The molecule has 1 fully saturated rings. The maximum atomic E-state index is 12.8. The molecule has 1 aromatic carbocycles. The lowest BCUT2D eigenvalue weighted by atomic mass is 10.1. The molecule has 0 aliphatic carbocycles. The van der Waals surface area contributed by atoms with Gasteiger partial charge in [-0.25, -0.2) is 13.2 Å². The molecule has 2 rings (SSSR count). The summed E-state index contributed by atoms with van der Waals surface area (Å²) >= 11 is 0. The quantitative estimate of drug-likeness (QED) is 0.847. The van der Waals surface area contributed by atoms with Crippen molar-refractivity contribution < 1.29 is 23.1 Å². The maximum absolute atomic E-state index is 12.8. The maximum Gasteiger partial charge on any atom is 0.337 e. The number of aliphatic hydroxyl groups is 1. The molecule has 0 aromatic heterocycles. The first-order valence-electron chi connectivity index (χ1n) is 7.23. The first kappa shape index (κ1) is 16.9. The number of benzene rings is 1. The molecule has 1 N–H and O–H groups in total. The van der Waals surface area contributed by atoms with Gasteiger partial charge in [0.25, 0.3) is 0 Å². The molecule has 1 aromatic rings. The summed E-state index contributed by atoms with van der Waals surface area (Å²) in [6.07, 6.45) is 1.20. The second-order valence-electron chi connectivity index (χ2n) is 5.52. The van der Waals surface area contributed by atoms with E-state index in [1.54, 1.807) is 19.1 Å². The van der Waals surface area contributed by atoms with Gasteiger partial charge in [-0.3, -0.25) is 0 Å². The Morgan fingerprint density at radius 3 is 2.68 bits per heavy atom. The zero-order valence-electron chi connectivity index (χ0n) is 12.8. The van der Waals surface area contributed by atoms with E-state index >= 15 is 0 Å². The molecule has 1 aliphatic rings.